The predicted molar refractivity (Wildman–Crippen MR) is 54.4 cm³/mol. The molecule has 3 heteroatoms. The Kier molecular flexibility index (Phi) is 1.40. The Morgan fingerprint density at radius 1 is 1.43 bits per heavy atom. The third kappa shape index (κ3) is 1.02. The van der Waals surface area contributed by atoms with E-state index < -0.39 is 0 Å². The average Bonchev–Trinajstić information content (AvgIpc) is 2.94. The molecule has 14 heavy (non-hydrogen) atoms. The molecule has 1 heterocycles. The van der Waals surface area contributed by atoms with Crippen molar-refractivity contribution in [3.63, 3.8) is 0 Å². The first-order valence-corrected chi connectivity index (χ1v) is 4.91. The summed E-state index contributed by atoms with van der Waals surface area (Å²) < 4.78 is 1.85. The van der Waals surface area contributed by atoms with Crippen LogP contribution in [-0.2, 0) is 7.05 Å². The number of phenols is 1. The van der Waals surface area contributed by atoms with E-state index in [1.807, 2.05) is 17.8 Å². The van der Waals surface area contributed by atoms with Gasteiger partial charge in [0.05, 0.1) is 11.2 Å². The van der Waals surface area contributed by atoms with Crippen molar-refractivity contribution in [2.24, 2.45) is 7.05 Å². The first-order chi connectivity index (χ1) is 6.75. The van der Waals surface area contributed by atoms with Crippen molar-refractivity contribution in [1.29, 1.82) is 0 Å². The maximum atomic E-state index is 9.38. The molecule has 2 aromatic rings. The standard InChI is InChI=1S/C11H12N2O/c1-13-10-6-8(14)4-5-9(10)11(12-13)7-2-3-7/h4-7,14H,2-3H2,1H3. The van der Waals surface area contributed by atoms with Crippen molar-refractivity contribution < 1.29 is 5.11 Å². The van der Waals surface area contributed by atoms with Gasteiger partial charge in [0.1, 0.15) is 5.75 Å². The Hall–Kier alpha value is -1.51. The van der Waals surface area contributed by atoms with E-state index in [0.29, 0.717) is 11.7 Å². The number of nitrogens with zero attached hydrogens (tertiary/aromatic N) is 2. The van der Waals surface area contributed by atoms with Gasteiger partial charge in [0.15, 0.2) is 0 Å². The van der Waals surface area contributed by atoms with Gasteiger partial charge in [-0.25, -0.2) is 0 Å². The van der Waals surface area contributed by atoms with E-state index in [9.17, 15) is 5.11 Å². The second-order valence-corrected chi connectivity index (χ2v) is 3.98. The molecule has 1 N–H and O–H groups in total. The molecule has 3 rings (SSSR count). The number of rotatable bonds is 1. The number of aryl methyl sites for hydroxylation is 1. The summed E-state index contributed by atoms with van der Waals surface area (Å²) in [5.74, 6) is 0.964. The van der Waals surface area contributed by atoms with E-state index in [2.05, 4.69) is 5.10 Å². The maximum Gasteiger partial charge on any atom is 0.117 e. The van der Waals surface area contributed by atoms with E-state index in [1.165, 1.54) is 23.9 Å². The first-order valence-electron chi connectivity index (χ1n) is 4.91. The van der Waals surface area contributed by atoms with Crippen LogP contribution in [0.1, 0.15) is 24.5 Å². The molecule has 0 spiro atoms. The molecule has 72 valence electrons. The molecule has 1 saturated carbocycles. The second kappa shape index (κ2) is 2.50. The van der Waals surface area contributed by atoms with Crippen LogP contribution in [0.15, 0.2) is 18.2 Å². The highest BCUT2D eigenvalue weighted by molar-refractivity contribution is 5.84. The number of aromatic nitrogens is 2. The summed E-state index contributed by atoms with van der Waals surface area (Å²) in [6.07, 6.45) is 2.51. The number of hydrogen-bond acceptors (Lipinski definition) is 2. The van der Waals surface area contributed by atoms with Crippen LogP contribution in [0.5, 0.6) is 5.75 Å². The molecular weight excluding hydrogens is 176 g/mol. The number of hydrogen-bond donors (Lipinski definition) is 1. The Labute approximate surface area is 82.0 Å². The predicted octanol–water partition coefficient (Wildman–Crippen LogP) is 2.16. The molecule has 0 saturated heterocycles. The van der Waals surface area contributed by atoms with Gasteiger partial charge in [0, 0.05) is 24.4 Å². The first kappa shape index (κ1) is 7.85. The molecule has 0 aliphatic heterocycles. The summed E-state index contributed by atoms with van der Waals surface area (Å²) in [5, 5.41) is 15.1. The van der Waals surface area contributed by atoms with E-state index >= 15 is 0 Å². The zero-order chi connectivity index (χ0) is 9.71. The van der Waals surface area contributed by atoms with Crippen LogP contribution in [-0.4, -0.2) is 14.9 Å². The van der Waals surface area contributed by atoms with Gasteiger partial charge in [-0.1, -0.05) is 0 Å². The van der Waals surface area contributed by atoms with Gasteiger partial charge in [-0.15, -0.1) is 0 Å². The molecule has 1 aliphatic carbocycles. The normalized spacial score (nSPS) is 16.4. The Morgan fingerprint density at radius 2 is 2.21 bits per heavy atom. The lowest BCUT2D eigenvalue weighted by Gasteiger charge is -1.94. The molecule has 0 atom stereocenters. The molecule has 3 nitrogen and oxygen atoms in total. The summed E-state index contributed by atoms with van der Waals surface area (Å²) in [6, 6.07) is 5.47. The lowest BCUT2D eigenvalue weighted by atomic mass is 10.1. The summed E-state index contributed by atoms with van der Waals surface area (Å²) >= 11 is 0. The minimum Gasteiger partial charge on any atom is -0.508 e. The van der Waals surface area contributed by atoms with Crippen molar-refractivity contribution >= 4 is 10.9 Å². The van der Waals surface area contributed by atoms with Crippen LogP contribution >= 0.6 is 0 Å². The van der Waals surface area contributed by atoms with E-state index in [4.69, 9.17) is 0 Å². The van der Waals surface area contributed by atoms with Gasteiger partial charge in [-0.3, -0.25) is 4.68 Å². The fourth-order valence-corrected chi connectivity index (χ4v) is 1.93. The van der Waals surface area contributed by atoms with Gasteiger partial charge in [-0.05, 0) is 25.0 Å². The van der Waals surface area contributed by atoms with Crippen molar-refractivity contribution in [2.45, 2.75) is 18.8 Å². The van der Waals surface area contributed by atoms with Crippen molar-refractivity contribution in [1.82, 2.24) is 9.78 Å². The topological polar surface area (TPSA) is 38.0 Å². The van der Waals surface area contributed by atoms with Crippen molar-refractivity contribution in [3.05, 3.63) is 23.9 Å². The molecule has 0 unspecified atom stereocenters. The van der Waals surface area contributed by atoms with Crippen molar-refractivity contribution in [2.75, 3.05) is 0 Å². The third-order valence-electron chi connectivity index (χ3n) is 2.83. The molecular formula is C11H12N2O. The summed E-state index contributed by atoms with van der Waals surface area (Å²) in [4.78, 5) is 0. The highest BCUT2D eigenvalue weighted by Gasteiger charge is 2.28. The van der Waals surface area contributed by atoms with Gasteiger partial charge < -0.3 is 5.11 Å². The number of fused-ring (bicyclic) bond motifs is 1. The monoisotopic (exact) mass is 188 g/mol. The summed E-state index contributed by atoms with van der Waals surface area (Å²) in [5.41, 5.74) is 2.22. The lowest BCUT2D eigenvalue weighted by Crippen LogP contribution is -1.90. The smallest absolute Gasteiger partial charge is 0.117 e. The SMILES string of the molecule is Cn1nc(C2CC2)c2ccc(O)cc21. The zero-order valence-corrected chi connectivity index (χ0v) is 8.07. The highest BCUT2D eigenvalue weighted by atomic mass is 16.3. The molecule has 1 aliphatic rings. The van der Waals surface area contributed by atoms with E-state index in [-0.39, 0.29) is 0 Å². The quantitative estimate of drug-likeness (QED) is 0.744. The number of aromatic hydroxyl groups is 1. The summed E-state index contributed by atoms with van der Waals surface area (Å²) in [7, 11) is 1.92. The summed E-state index contributed by atoms with van der Waals surface area (Å²) in [6.45, 7) is 0. The van der Waals surface area contributed by atoms with Crippen LogP contribution < -0.4 is 0 Å². The van der Waals surface area contributed by atoms with Crippen LogP contribution in [0.25, 0.3) is 10.9 Å². The van der Waals surface area contributed by atoms with Crippen molar-refractivity contribution in [3.8, 4) is 5.75 Å². The van der Waals surface area contributed by atoms with Gasteiger partial charge in [0.25, 0.3) is 0 Å². The third-order valence-corrected chi connectivity index (χ3v) is 2.83. The number of benzene rings is 1. The minimum atomic E-state index is 0.308. The zero-order valence-electron chi connectivity index (χ0n) is 8.07. The molecule has 0 bridgehead atoms. The molecule has 1 aromatic heterocycles. The van der Waals surface area contributed by atoms with Gasteiger partial charge >= 0.3 is 0 Å². The van der Waals surface area contributed by atoms with Crippen LogP contribution in [0.3, 0.4) is 0 Å². The van der Waals surface area contributed by atoms with Crippen LogP contribution in [0.4, 0.5) is 0 Å². The van der Waals surface area contributed by atoms with E-state index in [1.54, 1.807) is 12.1 Å². The Morgan fingerprint density at radius 3 is 2.93 bits per heavy atom. The van der Waals surface area contributed by atoms with Crippen LogP contribution in [0.2, 0.25) is 0 Å². The largest absolute Gasteiger partial charge is 0.508 e. The Bertz CT molecular complexity index is 497. The minimum absolute atomic E-state index is 0.308. The highest BCUT2D eigenvalue weighted by Crippen LogP contribution is 2.42. The van der Waals surface area contributed by atoms with Crippen LogP contribution in [0, 0.1) is 0 Å². The molecule has 1 aromatic carbocycles. The average molecular weight is 188 g/mol. The molecule has 0 radical (unpaired) electrons. The second-order valence-electron chi connectivity index (χ2n) is 3.98. The molecule has 0 amide bonds. The molecule has 1 fully saturated rings. The van der Waals surface area contributed by atoms with Gasteiger partial charge in [-0.2, -0.15) is 5.10 Å². The Balaban J connectivity index is 2.32. The fraction of sp³-hybridized carbons (Fsp3) is 0.364. The van der Waals surface area contributed by atoms with E-state index in [0.717, 1.165) is 5.52 Å². The number of phenolic OH excluding ortho intramolecular Hbond substituents is 1. The lowest BCUT2D eigenvalue weighted by molar-refractivity contribution is 0.476. The fourth-order valence-electron chi connectivity index (χ4n) is 1.93. The van der Waals surface area contributed by atoms with Gasteiger partial charge in [0.2, 0.25) is 0 Å². The maximum absolute atomic E-state index is 9.38.